The maximum atomic E-state index is 13.0. The van der Waals surface area contributed by atoms with Gasteiger partial charge in [0.2, 0.25) is 10.0 Å². The Bertz CT molecular complexity index is 1740. The van der Waals surface area contributed by atoms with Crippen LogP contribution in [0.4, 0.5) is 11.4 Å². The number of amides is 1. The summed E-state index contributed by atoms with van der Waals surface area (Å²) >= 11 is 7.57. The summed E-state index contributed by atoms with van der Waals surface area (Å²) in [6.07, 6.45) is 0.746. The molecule has 0 unspecified atom stereocenters. The van der Waals surface area contributed by atoms with E-state index in [0.29, 0.717) is 55.0 Å². The highest BCUT2D eigenvalue weighted by molar-refractivity contribution is 7.89. The largest absolute Gasteiger partial charge is 0.482 e. The Hall–Kier alpha value is -3.48. The Labute approximate surface area is 246 Å². The number of carbonyl (C=O) groups is 1. The van der Waals surface area contributed by atoms with Gasteiger partial charge in [-0.3, -0.25) is 4.79 Å². The van der Waals surface area contributed by atoms with E-state index < -0.39 is 10.0 Å². The fraction of sp³-hybridized carbons (Fsp3) is 0.241. The molecule has 12 heteroatoms. The molecule has 0 aliphatic carbocycles. The van der Waals surface area contributed by atoms with Crippen molar-refractivity contribution in [2.75, 3.05) is 38.2 Å². The molecule has 1 aromatic heterocycles. The zero-order chi connectivity index (χ0) is 28.4. The molecule has 0 spiro atoms. The summed E-state index contributed by atoms with van der Waals surface area (Å²) < 4.78 is 40.5. The van der Waals surface area contributed by atoms with Crippen molar-refractivity contribution in [3.63, 3.8) is 0 Å². The van der Waals surface area contributed by atoms with Gasteiger partial charge in [-0.2, -0.15) is 4.31 Å². The second-order valence-electron chi connectivity index (χ2n) is 9.60. The zero-order valence-corrected chi connectivity index (χ0v) is 24.3. The highest BCUT2D eigenvalue weighted by Crippen LogP contribution is 2.33. The number of hydrogen-bond acceptors (Lipinski definition) is 7. The molecule has 1 saturated heterocycles. The van der Waals surface area contributed by atoms with Crippen LogP contribution in [0.2, 0.25) is 5.02 Å². The molecule has 0 radical (unpaired) electrons. The SMILES string of the molecule is O=C1COc2ccc(-c3csc(=Nc4ccc(S(=O)(=O)N5CCOCC5)cc4)n3CCc3ccc(Cl)cc3)cc2N1. The Morgan fingerprint density at radius 2 is 1.76 bits per heavy atom. The van der Waals surface area contributed by atoms with Crippen LogP contribution in [0, 0.1) is 0 Å². The van der Waals surface area contributed by atoms with Gasteiger partial charge < -0.3 is 19.4 Å². The number of aromatic nitrogens is 1. The van der Waals surface area contributed by atoms with Crippen LogP contribution in [0.25, 0.3) is 11.3 Å². The van der Waals surface area contributed by atoms with E-state index in [-0.39, 0.29) is 17.4 Å². The summed E-state index contributed by atoms with van der Waals surface area (Å²) in [6, 6.07) is 20.1. The monoisotopic (exact) mass is 610 g/mol. The lowest BCUT2D eigenvalue weighted by Gasteiger charge is -2.26. The Kier molecular flexibility index (Phi) is 7.96. The molecule has 1 fully saturated rings. The number of aryl methyl sites for hydroxylation is 1. The first-order valence-electron chi connectivity index (χ1n) is 13.1. The summed E-state index contributed by atoms with van der Waals surface area (Å²) in [7, 11) is -3.59. The number of thiazole rings is 1. The van der Waals surface area contributed by atoms with Crippen LogP contribution in [0.15, 0.2) is 82.0 Å². The maximum Gasteiger partial charge on any atom is 0.262 e. The van der Waals surface area contributed by atoms with Gasteiger partial charge in [0.05, 0.1) is 35.2 Å². The number of benzene rings is 3. The van der Waals surface area contributed by atoms with Crippen LogP contribution in [0.5, 0.6) is 5.75 Å². The van der Waals surface area contributed by atoms with Crippen molar-refractivity contribution in [3.05, 3.63) is 87.5 Å². The normalized spacial score (nSPS) is 16.2. The van der Waals surface area contributed by atoms with Crippen LogP contribution >= 0.6 is 22.9 Å². The molecular formula is C29H27ClN4O5S2. The highest BCUT2D eigenvalue weighted by atomic mass is 35.5. The quantitative estimate of drug-likeness (QED) is 0.327. The molecule has 3 heterocycles. The first-order valence-corrected chi connectivity index (χ1v) is 15.8. The van der Waals surface area contributed by atoms with Crippen molar-refractivity contribution < 1.29 is 22.7 Å². The number of morpholine rings is 1. The van der Waals surface area contributed by atoms with E-state index in [1.54, 1.807) is 24.3 Å². The summed E-state index contributed by atoms with van der Waals surface area (Å²) in [5.41, 5.74) is 4.26. The fourth-order valence-electron chi connectivity index (χ4n) is 4.74. The van der Waals surface area contributed by atoms with E-state index >= 15 is 0 Å². The molecule has 6 rings (SSSR count). The lowest BCUT2D eigenvalue weighted by Crippen LogP contribution is -2.40. The first-order chi connectivity index (χ1) is 19.9. The lowest BCUT2D eigenvalue weighted by atomic mass is 10.1. The van der Waals surface area contributed by atoms with Crippen molar-refractivity contribution in [2.24, 2.45) is 4.99 Å². The molecule has 1 N–H and O–H groups in total. The maximum absolute atomic E-state index is 13.0. The first kappa shape index (κ1) is 27.7. The molecular weight excluding hydrogens is 584 g/mol. The van der Waals surface area contributed by atoms with Crippen LogP contribution in [-0.2, 0) is 32.5 Å². The minimum absolute atomic E-state index is 0.00144. The van der Waals surface area contributed by atoms with Crippen molar-refractivity contribution in [1.29, 1.82) is 0 Å². The zero-order valence-electron chi connectivity index (χ0n) is 22.0. The lowest BCUT2D eigenvalue weighted by molar-refractivity contribution is -0.118. The topological polar surface area (TPSA) is 102 Å². The number of anilines is 1. The standard InChI is InChI=1S/C29H27ClN4O5S2/c30-22-4-1-20(2-5-22)11-12-34-26(21-3-10-27-25(17-21)32-28(35)18-39-27)19-40-29(34)31-23-6-8-24(9-7-23)41(36,37)33-13-15-38-16-14-33/h1-10,17,19H,11-16,18H2,(H,32,35). The van der Waals surface area contributed by atoms with E-state index in [9.17, 15) is 13.2 Å². The average Bonchev–Trinajstić information content (AvgIpc) is 3.39. The molecule has 4 aromatic rings. The minimum Gasteiger partial charge on any atom is -0.482 e. The molecule has 3 aromatic carbocycles. The number of sulfonamides is 1. The number of carbonyl (C=O) groups excluding carboxylic acids is 1. The van der Waals surface area contributed by atoms with Gasteiger partial charge in [0, 0.05) is 35.6 Å². The van der Waals surface area contributed by atoms with E-state index in [0.717, 1.165) is 28.0 Å². The Morgan fingerprint density at radius 1 is 1.00 bits per heavy atom. The summed E-state index contributed by atoms with van der Waals surface area (Å²) in [4.78, 5) is 17.8. The number of ether oxygens (including phenoxy) is 2. The fourth-order valence-corrected chi connectivity index (χ4v) is 7.23. The van der Waals surface area contributed by atoms with E-state index in [1.807, 2.05) is 47.8 Å². The second kappa shape index (κ2) is 11.8. The van der Waals surface area contributed by atoms with Gasteiger partial charge in [-0.15, -0.1) is 11.3 Å². The Balaban J connectivity index is 1.34. The molecule has 0 bridgehead atoms. The second-order valence-corrected chi connectivity index (χ2v) is 12.8. The number of fused-ring (bicyclic) bond motifs is 1. The van der Waals surface area contributed by atoms with E-state index in [2.05, 4.69) is 9.88 Å². The summed E-state index contributed by atoms with van der Waals surface area (Å²) in [6.45, 7) is 2.13. The molecule has 212 valence electrons. The van der Waals surface area contributed by atoms with Gasteiger partial charge in [-0.05, 0) is 66.6 Å². The number of nitrogens with zero attached hydrogens (tertiary/aromatic N) is 3. The number of halogens is 1. The average molecular weight is 611 g/mol. The molecule has 41 heavy (non-hydrogen) atoms. The van der Waals surface area contributed by atoms with Crippen molar-refractivity contribution in [2.45, 2.75) is 17.9 Å². The number of nitrogens with one attached hydrogen (secondary N) is 1. The van der Waals surface area contributed by atoms with Gasteiger partial charge in [-0.1, -0.05) is 23.7 Å². The molecule has 1 amide bonds. The summed E-state index contributed by atoms with van der Waals surface area (Å²) in [5, 5.41) is 5.59. The van der Waals surface area contributed by atoms with E-state index in [1.165, 1.54) is 15.6 Å². The van der Waals surface area contributed by atoms with Crippen LogP contribution < -0.4 is 14.9 Å². The smallest absolute Gasteiger partial charge is 0.262 e. The highest BCUT2D eigenvalue weighted by Gasteiger charge is 2.26. The van der Waals surface area contributed by atoms with Gasteiger partial charge in [0.15, 0.2) is 11.4 Å². The predicted octanol–water partition coefficient (Wildman–Crippen LogP) is 4.70. The third-order valence-electron chi connectivity index (χ3n) is 6.91. The third-order valence-corrected chi connectivity index (χ3v) is 9.94. The van der Waals surface area contributed by atoms with E-state index in [4.69, 9.17) is 26.1 Å². The van der Waals surface area contributed by atoms with Crippen molar-refractivity contribution in [3.8, 4) is 17.0 Å². The number of rotatable bonds is 7. The molecule has 9 nitrogen and oxygen atoms in total. The van der Waals surface area contributed by atoms with Gasteiger partial charge in [0.1, 0.15) is 5.75 Å². The third kappa shape index (κ3) is 6.09. The molecule has 0 saturated carbocycles. The molecule has 0 atom stereocenters. The summed E-state index contributed by atoms with van der Waals surface area (Å²) in [5.74, 6) is 0.443. The van der Waals surface area contributed by atoms with Crippen LogP contribution in [-0.4, -0.2) is 56.1 Å². The number of hydrogen-bond donors (Lipinski definition) is 1. The Morgan fingerprint density at radius 3 is 2.51 bits per heavy atom. The molecule has 2 aliphatic rings. The van der Waals surface area contributed by atoms with Gasteiger partial charge in [-0.25, -0.2) is 13.4 Å². The van der Waals surface area contributed by atoms with Crippen LogP contribution in [0.3, 0.4) is 0 Å². The molecule has 2 aliphatic heterocycles. The minimum atomic E-state index is -3.59. The predicted molar refractivity (Wildman–Crippen MR) is 158 cm³/mol. The van der Waals surface area contributed by atoms with Gasteiger partial charge in [0.25, 0.3) is 5.91 Å². The van der Waals surface area contributed by atoms with Gasteiger partial charge >= 0.3 is 0 Å². The van der Waals surface area contributed by atoms with Crippen molar-refractivity contribution in [1.82, 2.24) is 8.87 Å². The van der Waals surface area contributed by atoms with Crippen molar-refractivity contribution >= 4 is 50.2 Å². The van der Waals surface area contributed by atoms with Crippen LogP contribution in [0.1, 0.15) is 5.56 Å².